The number of piperidine rings is 1. The SMILES string of the molecule is C[C@H]1CCCN(C(=O)c2cn(-c3ccc(-c4nc(C(C)(C)C)no4)cn3)cn2)C1. The van der Waals surface area contributed by atoms with Crippen LogP contribution in [0.25, 0.3) is 17.3 Å². The van der Waals surface area contributed by atoms with Crippen molar-refractivity contribution in [1.82, 2.24) is 29.6 Å². The van der Waals surface area contributed by atoms with Gasteiger partial charge >= 0.3 is 0 Å². The number of pyridine rings is 1. The van der Waals surface area contributed by atoms with Gasteiger partial charge in [0.05, 0.1) is 5.56 Å². The highest BCUT2D eigenvalue weighted by molar-refractivity contribution is 5.92. The van der Waals surface area contributed by atoms with Gasteiger partial charge in [0.1, 0.15) is 17.8 Å². The number of hydrogen-bond donors (Lipinski definition) is 0. The van der Waals surface area contributed by atoms with E-state index in [0.717, 1.165) is 25.1 Å². The zero-order chi connectivity index (χ0) is 20.6. The molecule has 0 aromatic carbocycles. The summed E-state index contributed by atoms with van der Waals surface area (Å²) in [5.41, 5.74) is 1.01. The van der Waals surface area contributed by atoms with Crippen LogP contribution in [0.15, 0.2) is 35.4 Å². The topological polar surface area (TPSA) is 89.9 Å². The van der Waals surface area contributed by atoms with E-state index >= 15 is 0 Å². The largest absolute Gasteiger partial charge is 0.337 e. The third-order valence-electron chi connectivity index (χ3n) is 5.10. The Bertz CT molecular complexity index is 999. The number of rotatable bonds is 3. The monoisotopic (exact) mass is 394 g/mol. The van der Waals surface area contributed by atoms with Gasteiger partial charge in [0.25, 0.3) is 11.8 Å². The molecule has 0 N–H and O–H groups in total. The van der Waals surface area contributed by atoms with Gasteiger partial charge < -0.3 is 9.42 Å². The summed E-state index contributed by atoms with van der Waals surface area (Å²) < 4.78 is 7.11. The molecule has 0 bridgehead atoms. The number of hydrogen-bond acceptors (Lipinski definition) is 6. The highest BCUT2D eigenvalue weighted by atomic mass is 16.5. The fraction of sp³-hybridized carbons (Fsp3) is 0.476. The van der Waals surface area contributed by atoms with Crippen LogP contribution in [0.2, 0.25) is 0 Å². The zero-order valence-corrected chi connectivity index (χ0v) is 17.3. The summed E-state index contributed by atoms with van der Waals surface area (Å²) in [4.78, 5) is 27.8. The van der Waals surface area contributed by atoms with Crippen LogP contribution < -0.4 is 0 Å². The quantitative estimate of drug-likeness (QED) is 0.675. The van der Waals surface area contributed by atoms with Gasteiger partial charge in [0.15, 0.2) is 5.82 Å². The fourth-order valence-corrected chi connectivity index (χ4v) is 3.41. The number of imidazole rings is 1. The standard InChI is InChI=1S/C21H26N6O2/c1-14-6-5-9-26(11-14)19(28)16-12-27(13-23-16)17-8-7-15(10-22-17)18-24-20(25-29-18)21(2,3)4/h7-8,10,12-14H,5-6,9,11H2,1-4H3/t14-/m0/s1. The molecule has 152 valence electrons. The Labute approximate surface area is 170 Å². The third kappa shape index (κ3) is 4.06. The van der Waals surface area contributed by atoms with Crippen molar-refractivity contribution in [3.8, 4) is 17.3 Å². The van der Waals surface area contributed by atoms with E-state index in [9.17, 15) is 4.79 Å². The lowest BCUT2D eigenvalue weighted by Crippen LogP contribution is -2.39. The molecule has 0 aliphatic carbocycles. The Balaban J connectivity index is 1.50. The molecule has 4 heterocycles. The van der Waals surface area contributed by atoms with E-state index in [4.69, 9.17) is 4.52 Å². The van der Waals surface area contributed by atoms with Crippen LogP contribution >= 0.6 is 0 Å². The summed E-state index contributed by atoms with van der Waals surface area (Å²) >= 11 is 0. The molecule has 1 atom stereocenters. The van der Waals surface area contributed by atoms with Gasteiger partial charge in [0.2, 0.25) is 0 Å². The number of likely N-dealkylation sites (tertiary alicyclic amines) is 1. The van der Waals surface area contributed by atoms with E-state index < -0.39 is 0 Å². The van der Waals surface area contributed by atoms with Gasteiger partial charge in [-0.25, -0.2) is 9.97 Å². The second-order valence-corrected chi connectivity index (χ2v) is 8.74. The second-order valence-electron chi connectivity index (χ2n) is 8.74. The molecule has 29 heavy (non-hydrogen) atoms. The minimum atomic E-state index is -0.180. The van der Waals surface area contributed by atoms with Crippen molar-refractivity contribution in [2.75, 3.05) is 13.1 Å². The van der Waals surface area contributed by atoms with Gasteiger partial charge in [-0.1, -0.05) is 32.9 Å². The summed E-state index contributed by atoms with van der Waals surface area (Å²) in [6.45, 7) is 9.86. The van der Waals surface area contributed by atoms with Crippen molar-refractivity contribution < 1.29 is 9.32 Å². The van der Waals surface area contributed by atoms with Crippen molar-refractivity contribution in [3.05, 3.63) is 42.4 Å². The van der Waals surface area contributed by atoms with Crippen LogP contribution in [0.5, 0.6) is 0 Å². The Hall–Kier alpha value is -3.03. The van der Waals surface area contributed by atoms with E-state index in [1.54, 1.807) is 23.3 Å². The van der Waals surface area contributed by atoms with Crippen LogP contribution in [0.4, 0.5) is 0 Å². The molecule has 1 aliphatic rings. The maximum atomic E-state index is 12.7. The zero-order valence-electron chi connectivity index (χ0n) is 17.3. The summed E-state index contributed by atoms with van der Waals surface area (Å²) in [5, 5.41) is 4.05. The van der Waals surface area contributed by atoms with Crippen LogP contribution in [0.1, 0.15) is 56.8 Å². The van der Waals surface area contributed by atoms with E-state index in [1.807, 2.05) is 37.8 Å². The first-order valence-electron chi connectivity index (χ1n) is 9.95. The Morgan fingerprint density at radius 3 is 2.72 bits per heavy atom. The molecule has 0 unspecified atom stereocenters. The van der Waals surface area contributed by atoms with Crippen LogP contribution in [0.3, 0.4) is 0 Å². The van der Waals surface area contributed by atoms with Crippen molar-refractivity contribution >= 4 is 5.91 Å². The minimum absolute atomic E-state index is 0.0208. The Kier molecular flexibility index (Phi) is 4.94. The van der Waals surface area contributed by atoms with E-state index in [-0.39, 0.29) is 11.3 Å². The molecular formula is C21H26N6O2. The van der Waals surface area contributed by atoms with Crippen molar-refractivity contribution in [3.63, 3.8) is 0 Å². The van der Waals surface area contributed by atoms with Gasteiger partial charge in [-0.3, -0.25) is 9.36 Å². The number of aromatic nitrogens is 5. The van der Waals surface area contributed by atoms with Crippen molar-refractivity contribution in [2.24, 2.45) is 5.92 Å². The molecule has 1 fully saturated rings. The van der Waals surface area contributed by atoms with E-state index in [2.05, 4.69) is 27.0 Å². The van der Waals surface area contributed by atoms with Crippen LogP contribution in [-0.4, -0.2) is 48.6 Å². The van der Waals surface area contributed by atoms with Gasteiger partial charge in [-0.05, 0) is 30.9 Å². The van der Waals surface area contributed by atoms with Crippen molar-refractivity contribution in [1.29, 1.82) is 0 Å². The van der Waals surface area contributed by atoms with Gasteiger partial charge in [0, 0.05) is 30.9 Å². The molecule has 1 aliphatic heterocycles. The first-order valence-corrected chi connectivity index (χ1v) is 9.95. The Morgan fingerprint density at radius 1 is 1.24 bits per heavy atom. The second kappa shape index (κ2) is 7.42. The third-order valence-corrected chi connectivity index (χ3v) is 5.10. The number of carbonyl (C=O) groups is 1. The average molecular weight is 394 g/mol. The number of carbonyl (C=O) groups excluding carboxylic acids is 1. The molecule has 0 saturated carbocycles. The predicted octanol–water partition coefficient (Wildman–Crippen LogP) is 3.49. The van der Waals surface area contributed by atoms with Gasteiger partial charge in [-0.15, -0.1) is 0 Å². The molecule has 8 nitrogen and oxygen atoms in total. The summed E-state index contributed by atoms with van der Waals surface area (Å²) in [6, 6.07) is 3.71. The lowest BCUT2D eigenvalue weighted by Gasteiger charge is -2.30. The van der Waals surface area contributed by atoms with Crippen LogP contribution in [-0.2, 0) is 5.41 Å². The summed E-state index contributed by atoms with van der Waals surface area (Å²) in [6.07, 6.45) is 7.25. The average Bonchev–Trinajstić information content (AvgIpc) is 3.37. The predicted molar refractivity (Wildman–Crippen MR) is 108 cm³/mol. The fourth-order valence-electron chi connectivity index (χ4n) is 3.41. The first-order chi connectivity index (χ1) is 13.8. The summed E-state index contributed by atoms with van der Waals surface area (Å²) in [5.74, 6) is 2.28. The minimum Gasteiger partial charge on any atom is -0.337 e. The molecule has 1 amide bonds. The highest BCUT2D eigenvalue weighted by Crippen LogP contribution is 2.24. The molecule has 3 aromatic heterocycles. The Morgan fingerprint density at radius 2 is 2.07 bits per heavy atom. The maximum Gasteiger partial charge on any atom is 0.274 e. The summed E-state index contributed by atoms with van der Waals surface area (Å²) in [7, 11) is 0. The lowest BCUT2D eigenvalue weighted by molar-refractivity contribution is 0.0677. The normalized spacial score (nSPS) is 17.5. The molecule has 8 heteroatoms. The molecule has 0 radical (unpaired) electrons. The number of nitrogens with zero attached hydrogens (tertiary/aromatic N) is 6. The van der Waals surface area contributed by atoms with Gasteiger partial charge in [-0.2, -0.15) is 4.98 Å². The molecule has 1 saturated heterocycles. The maximum absolute atomic E-state index is 12.7. The van der Waals surface area contributed by atoms with Crippen LogP contribution in [0, 0.1) is 5.92 Å². The highest BCUT2D eigenvalue weighted by Gasteiger charge is 2.24. The van der Waals surface area contributed by atoms with E-state index in [0.29, 0.717) is 29.1 Å². The van der Waals surface area contributed by atoms with Crippen molar-refractivity contribution in [2.45, 2.75) is 46.0 Å². The molecule has 4 rings (SSSR count). The first kappa shape index (κ1) is 19.3. The smallest absolute Gasteiger partial charge is 0.274 e. The molecular weight excluding hydrogens is 368 g/mol. The lowest BCUT2D eigenvalue weighted by atomic mass is 9.96. The molecule has 3 aromatic rings. The number of amides is 1. The molecule has 0 spiro atoms. The van der Waals surface area contributed by atoms with E-state index in [1.165, 1.54) is 6.42 Å².